The van der Waals surface area contributed by atoms with Crippen molar-refractivity contribution >= 4 is 28.8 Å². The second-order valence-electron chi connectivity index (χ2n) is 7.16. The van der Waals surface area contributed by atoms with E-state index in [1.54, 1.807) is 7.11 Å². The van der Waals surface area contributed by atoms with Crippen molar-refractivity contribution < 1.29 is 9.53 Å². The van der Waals surface area contributed by atoms with Gasteiger partial charge in [-0.15, -0.1) is 0 Å². The van der Waals surface area contributed by atoms with Gasteiger partial charge in [-0.25, -0.2) is 4.79 Å². The van der Waals surface area contributed by atoms with Gasteiger partial charge in [0.25, 0.3) is 0 Å². The van der Waals surface area contributed by atoms with Gasteiger partial charge < -0.3 is 25.2 Å². The minimum Gasteiger partial charge on any atom is -0.497 e. The normalized spacial score (nSPS) is 13.6. The van der Waals surface area contributed by atoms with Gasteiger partial charge in [-0.1, -0.05) is 18.2 Å². The predicted octanol–water partition coefficient (Wildman–Crippen LogP) is 4.67. The molecule has 30 heavy (non-hydrogen) atoms. The van der Waals surface area contributed by atoms with Crippen LogP contribution in [0.2, 0.25) is 0 Å². The van der Waals surface area contributed by atoms with Crippen molar-refractivity contribution in [2.75, 3.05) is 53.7 Å². The Kier molecular flexibility index (Phi) is 6.03. The molecule has 1 heterocycles. The zero-order chi connectivity index (χ0) is 20.8. The highest BCUT2D eigenvalue weighted by molar-refractivity contribution is 5.99. The summed E-state index contributed by atoms with van der Waals surface area (Å²) in [5.41, 5.74) is 3.92. The summed E-state index contributed by atoms with van der Waals surface area (Å²) in [6.45, 7) is 3.83. The maximum Gasteiger partial charge on any atom is 0.323 e. The molecule has 1 saturated heterocycles. The molecular formula is C24H26N4O2. The number of nitrogens with zero attached hydrogens (tertiary/aromatic N) is 2. The number of carbonyl (C=O) groups is 1. The van der Waals surface area contributed by atoms with Gasteiger partial charge in [0.15, 0.2) is 0 Å². The van der Waals surface area contributed by atoms with Crippen LogP contribution < -0.4 is 25.2 Å². The van der Waals surface area contributed by atoms with Gasteiger partial charge in [0.05, 0.1) is 7.11 Å². The van der Waals surface area contributed by atoms with E-state index in [0.29, 0.717) is 0 Å². The van der Waals surface area contributed by atoms with Gasteiger partial charge in [-0.3, -0.25) is 0 Å². The van der Waals surface area contributed by atoms with Gasteiger partial charge in [0.2, 0.25) is 0 Å². The number of para-hydroxylation sites is 1. The third-order valence-corrected chi connectivity index (χ3v) is 5.24. The minimum atomic E-state index is -0.248. The van der Waals surface area contributed by atoms with E-state index < -0.39 is 0 Å². The first kappa shape index (κ1) is 19.6. The Morgan fingerprint density at radius 1 is 0.700 bits per heavy atom. The fraction of sp³-hybridized carbons (Fsp3) is 0.208. The molecule has 1 fully saturated rings. The lowest BCUT2D eigenvalue weighted by Crippen LogP contribution is -2.46. The molecule has 0 aliphatic carbocycles. The lowest BCUT2D eigenvalue weighted by molar-refractivity contribution is 0.262. The van der Waals surface area contributed by atoms with E-state index in [-0.39, 0.29) is 6.03 Å². The zero-order valence-electron chi connectivity index (χ0n) is 17.0. The van der Waals surface area contributed by atoms with Crippen molar-refractivity contribution in [2.24, 2.45) is 0 Å². The first-order valence-electron chi connectivity index (χ1n) is 10.1. The Balaban J connectivity index is 1.29. The maximum absolute atomic E-state index is 12.1. The monoisotopic (exact) mass is 402 g/mol. The first-order valence-corrected chi connectivity index (χ1v) is 10.1. The fourth-order valence-electron chi connectivity index (χ4n) is 3.59. The molecule has 0 saturated carbocycles. The van der Waals surface area contributed by atoms with E-state index in [9.17, 15) is 4.79 Å². The number of ether oxygens (including phenoxy) is 1. The molecule has 4 rings (SSSR count). The summed E-state index contributed by atoms with van der Waals surface area (Å²) in [4.78, 5) is 16.9. The lowest BCUT2D eigenvalue weighted by atomic mass is 10.2. The molecule has 3 aromatic carbocycles. The van der Waals surface area contributed by atoms with Crippen molar-refractivity contribution in [3.05, 3.63) is 78.9 Å². The Morgan fingerprint density at radius 2 is 1.17 bits per heavy atom. The van der Waals surface area contributed by atoms with Crippen molar-refractivity contribution in [1.82, 2.24) is 0 Å². The summed E-state index contributed by atoms with van der Waals surface area (Å²) in [5, 5.41) is 5.69. The standard InChI is InChI=1S/C24H26N4O2/c1-30-23-13-11-22(12-14-23)28-17-15-27(16-18-28)21-9-7-20(8-10-21)26-24(29)25-19-5-3-2-4-6-19/h2-14H,15-18H2,1H3,(H2,25,26,29). The number of urea groups is 1. The molecular weight excluding hydrogens is 376 g/mol. The van der Waals surface area contributed by atoms with Crippen LogP contribution in [0.15, 0.2) is 78.9 Å². The second kappa shape index (κ2) is 9.22. The fourth-order valence-corrected chi connectivity index (χ4v) is 3.59. The molecule has 3 aromatic rings. The van der Waals surface area contributed by atoms with E-state index >= 15 is 0 Å². The summed E-state index contributed by atoms with van der Waals surface area (Å²) in [6.07, 6.45) is 0. The van der Waals surface area contributed by atoms with E-state index in [1.165, 1.54) is 11.4 Å². The van der Waals surface area contributed by atoms with E-state index in [4.69, 9.17) is 4.74 Å². The predicted molar refractivity (Wildman–Crippen MR) is 123 cm³/mol. The Hall–Kier alpha value is -3.67. The van der Waals surface area contributed by atoms with Crippen LogP contribution in [0.5, 0.6) is 5.75 Å². The average molecular weight is 402 g/mol. The highest BCUT2D eigenvalue weighted by Gasteiger charge is 2.17. The SMILES string of the molecule is COc1ccc(N2CCN(c3ccc(NC(=O)Nc4ccccc4)cc3)CC2)cc1. The number of hydrogen-bond acceptors (Lipinski definition) is 4. The van der Waals surface area contributed by atoms with Crippen LogP contribution >= 0.6 is 0 Å². The minimum absolute atomic E-state index is 0.248. The number of amides is 2. The number of methoxy groups -OCH3 is 1. The average Bonchev–Trinajstić information content (AvgIpc) is 2.80. The van der Waals surface area contributed by atoms with Crippen LogP contribution in [0.3, 0.4) is 0 Å². The Morgan fingerprint density at radius 3 is 1.67 bits per heavy atom. The molecule has 0 aromatic heterocycles. The number of piperazine rings is 1. The summed E-state index contributed by atoms with van der Waals surface area (Å²) < 4.78 is 5.24. The molecule has 0 bridgehead atoms. The molecule has 1 aliphatic heterocycles. The second-order valence-corrected chi connectivity index (χ2v) is 7.16. The van der Waals surface area contributed by atoms with Crippen LogP contribution in [0.25, 0.3) is 0 Å². The molecule has 0 spiro atoms. The third-order valence-electron chi connectivity index (χ3n) is 5.24. The van der Waals surface area contributed by atoms with Gasteiger partial charge in [-0.05, 0) is 60.7 Å². The molecule has 1 aliphatic rings. The van der Waals surface area contributed by atoms with E-state index in [0.717, 1.165) is 43.3 Å². The largest absolute Gasteiger partial charge is 0.497 e. The molecule has 6 nitrogen and oxygen atoms in total. The third kappa shape index (κ3) is 4.84. The highest BCUT2D eigenvalue weighted by Crippen LogP contribution is 2.24. The van der Waals surface area contributed by atoms with Gasteiger partial charge in [-0.2, -0.15) is 0 Å². The molecule has 0 atom stereocenters. The molecule has 154 valence electrons. The Labute approximate surface area is 177 Å². The molecule has 6 heteroatoms. The van der Waals surface area contributed by atoms with Crippen molar-refractivity contribution in [1.29, 1.82) is 0 Å². The number of anilines is 4. The highest BCUT2D eigenvalue weighted by atomic mass is 16.5. The molecule has 0 unspecified atom stereocenters. The zero-order valence-corrected chi connectivity index (χ0v) is 17.0. The van der Waals surface area contributed by atoms with Crippen LogP contribution in [-0.4, -0.2) is 39.3 Å². The van der Waals surface area contributed by atoms with Crippen molar-refractivity contribution in [3.8, 4) is 5.75 Å². The maximum atomic E-state index is 12.1. The number of carbonyl (C=O) groups excluding carboxylic acids is 1. The van der Waals surface area contributed by atoms with Gasteiger partial charge in [0, 0.05) is 48.9 Å². The topological polar surface area (TPSA) is 56.8 Å². The van der Waals surface area contributed by atoms with Crippen molar-refractivity contribution in [2.45, 2.75) is 0 Å². The van der Waals surface area contributed by atoms with Crippen LogP contribution in [0.1, 0.15) is 0 Å². The van der Waals surface area contributed by atoms with Gasteiger partial charge >= 0.3 is 6.03 Å². The molecule has 2 amide bonds. The molecule has 2 N–H and O–H groups in total. The number of rotatable bonds is 5. The van der Waals surface area contributed by atoms with E-state index in [2.05, 4.69) is 44.7 Å². The van der Waals surface area contributed by atoms with Crippen LogP contribution in [0.4, 0.5) is 27.5 Å². The molecule has 0 radical (unpaired) electrons. The summed E-state index contributed by atoms with van der Waals surface area (Å²) in [5.74, 6) is 0.878. The number of nitrogens with one attached hydrogen (secondary N) is 2. The smallest absolute Gasteiger partial charge is 0.323 e. The van der Waals surface area contributed by atoms with E-state index in [1.807, 2.05) is 54.6 Å². The number of hydrogen-bond donors (Lipinski definition) is 2. The van der Waals surface area contributed by atoms with Crippen molar-refractivity contribution in [3.63, 3.8) is 0 Å². The Bertz CT molecular complexity index is 951. The number of benzene rings is 3. The van der Waals surface area contributed by atoms with Gasteiger partial charge in [0.1, 0.15) is 5.75 Å². The lowest BCUT2D eigenvalue weighted by Gasteiger charge is -2.37. The summed E-state index contributed by atoms with van der Waals surface area (Å²) in [6, 6.07) is 25.4. The van der Waals surface area contributed by atoms with Crippen LogP contribution in [-0.2, 0) is 0 Å². The summed E-state index contributed by atoms with van der Waals surface area (Å²) >= 11 is 0. The first-order chi connectivity index (χ1) is 14.7. The quantitative estimate of drug-likeness (QED) is 0.651. The summed E-state index contributed by atoms with van der Waals surface area (Å²) in [7, 11) is 1.68. The van der Waals surface area contributed by atoms with Crippen LogP contribution in [0, 0.1) is 0 Å².